The molecule has 1 aromatic heterocycles. The largest absolute Gasteiger partial charge is 0.399 e. The fourth-order valence-corrected chi connectivity index (χ4v) is 2.84. The summed E-state index contributed by atoms with van der Waals surface area (Å²) in [6.07, 6.45) is 3.34. The minimum atomic E-state index is -3.55. The fourth-order valence-electron chi connectivity index (χ4n) is 1.75. The van der Waals surface area contributed by atoms with E-state index in [1.54, 1.807) is 31.5 Å². The Labute approximate surface area is 118 Å². The normalized spacial score (nSPS) is 11.5. The van der Waals surface area contributed by atoms with Crippen molar-refractivity contribution in [2.75, 3.05) is 5.73 Å². The highest BCUT2D eigenvalue weighted by Crippen LogP contribution is 2.17. The van der Waals surface area contributed by atoms with Crippen molar-refractivity contribution in [3.05, 3.63) is 53.3 Å². The lowest BCUT2D eigenvalue weighted by Gasteiger charge is -2.09. The Kier molecular flexibility index (Phi) is 4.06. The number of nitrogens with zero attached hydrogens (tertiary/aromatic N) is 1. The van der Waals surface area contributed by atoms with Crippen LogP contribution in [0.1, 0.15) is 16.7 Å². The standard InChI is InChI=1S/C14H17N3O2S/c1-10-5-6-16-8-12(10)9-17-20(18,19)13-3-4-14(15)11(2)7-13/h3-8,17H,9,15H2,1-2H3. The van der Waals surface area contributed by atoms with Gasteiger partial charge in [0.15, 0.2) is 0 Å². The molecule has 0 unspecified atom stereocenters. The van der Waals surface area contributed by atoms with E-state index in [4.69, 9.17) is 5.73 Å². The number of nitrogens with one attached hydrogen (secondary N) is 1. The molecule has 6 heteroatoms. The summed E-state index contributed by atoms with van der Waals surface area (Å²) in [6, 6.07) is 6.50. The third kappa shape index (κ3) is 3.15. The Morgan fingerprint density at radius 1 is 1.20 bits per heavy atom. The van der Waals surface area contributed by atoms with E-state index >= 15 is 0 Å². The van der Waals surface area contributed by atoms with Crippen LogP contribution in [0.3, 0.4) is 0 Å². The molecule has 3 N–H and O–H groups in total. The number of pyridine rings is 1. The van der Waals surface area contributed by atoms with Crippen LogP contribution < -0.4 is 10.5 Å². The van der Waals surface area contributed by atoms with Gasteiger partial charge in [-0.15, -0.1) is 0 Å². The molecule has 2 aromatic rings. The lowest BCUT2D eigenvalue weighted by Crippen LogP contribution is -2.23. The number of benzene rings is 1. The second-order valence-corrected chi connectivity index (χ2v) is 6.41. The van der Waals surface area contributed by atoms with Crippen molar-refractivity contribution in [2.24, 2.45) is 0 Å². The van der Waals surface area contributed by atoms with Crippen molar-refractivity contribution in [3.63, 3.8) is 0 Å². The number of anilines is 1. The van der Waals surface area contributed by atoms with Gasteiger partial charge in [0, 0.05) is 24.6 Å². The number of hydrogen-bond donors (Lipinski definition) is 2. The number of rotatable bonds is 4. The van der Waals surface area contributed by atoms with E-state index in [-0.39, 0.29) is 11.4 Å². The molecule has 0 aliphatic carbocycles. The molecule has 0 saturated heterocycles. The maximum Gasteiger partial charge on any atom is 0.240 e. The van der Waals surface area contributed by atoms with Gasteiger partial charge in [0.1, 0.15) is 0 Å². The molecule has 0 saturated carbocycles. The Balaban J connectivity index is 2.19. The van der Waals surface area contributed by atoms with E-state index in [2.05, 4.69) is 9.71 Å². The van der Waals surface area contributed by atoms with Gasteiger partial charge in [-0.05, 0) is 54.8 Å². The van der Waals surface area contributed by atoms with Crippen molar-refractivity contribution >= 4 is 15.7 Å². The summed E-state index contributed by atoms with van der Waals surface area (Å²) in [4.78, 5) is 4.21. The first-order valence-corrected chi connectivity index (χ1v) is 7.64. The Bertz CT molecular complexity index is 727. The first-order valence-electron chi connectivity index (χ1n) is 6.15. The zero-order chi connectivity index (χ0) is 14.8. The quantitative estimate of drug-likeness (QED) is 0.841. The van der Waals surface area contributed by atoms with Crippen molar-refractivity contribution in [1.82, 2.24) is 9.71 Å². The first kappa shape index (κ1) is 14.5. The highest BCUT2D eigenvalue weighted by molar-refractivity contribution is 7.89. The predicted octanol–water partition coefficient (Wildman–Crippen LogP) is 1.76. The average molecular weight is 291 g/mol. The summed E-state index contributed by atoms with van der Waals surface area (Å²) in [7, 11) is -3.55. The zero-order valence-electron chi connectivity index (χ0n) is 11.4. The number of nitrogen functional groups attached to an aromatic ring is 1. The van der Waals surface area contributed by atoms with Gasteiger partial charge in [0.25, 0.3) is 0 Å². The highest BCUT2D eigenvalue weighted by Gasteiger charge is 2.14. The second-order valence-electron chi connectivity index (χ2n) is 4.65. The highest BCUT2D eigenvalue weighted by atomic mass is 32.2. The summed E-state index contributed by atoms with van der Waals surface area (Å²) in [5.74, 6) is 0. The van der Waals surface area contributed by atoms with E-state index < -0.39 is 10.0 Å². The fraction of sp³-hybridized carbons (Fsp3) is 0.214. The predicted molar refractivity (Wildman–Crippen MR) is 78.6 cm³/mol. The summed E-state index contributed by atoms with van der Waals surface area (Å²) >= 11 is 0. The minimum Gasteiger partial charge on any atom is -0.399 e. The van der Waals surface area contributed by atoms with Crippen LogP contribution in [-0.2, 0) is 16.6 Å². The van der Waals surface area contributed by atoms with Crippen LogP contribution >= 0.6 is 0 Å². The van der Waals surface area contributed by atoms with E-state index in [1.807, 2.05) is 13.0 Å². The zero-order valence-corrected chi connectivity index (χ0v) is 12.2. The molecule has 1 heterocycles. The molecule has 0 aliphatic heterocycles. The molecule has 0 spiro atoms. The molecular formula is C14H17N3O2S. The van der Waals surface area contributed by atoms with Gasteiger partial charge in [-0.25, -0.2) is 13.1 Å². The molecule has 1 aromatic carbocycles. The van der Waals surface area contributed by atoms with Crippen LogP contribution in [0.2, 0.25) is 0 Å². The van der Waals surface area contributed by atoms with Crippen LogP contribution in [0.15, 0.2) is 41.6 Å². The maximum atomic E-state index is 12.2. The van der Waals surface area contributed by atoms with Crippen LogP contribution in [0.5, 0.6) is 0 Å². The van der Waals surface area contributed by atoms with Gasteiger partial charge >= 0.3 is 0 Å². The maximum absolute atomic E-state index is 12.2. The van der Waals surface area contributed by atoms with Crippen molar-refractivity contribution in [3.8, 4) is 0 Å². The summed E-state index contributed by atoms with van der Waals surface area (Å²) < 4.78 is 27.0. The third-order valence-electron chi connectivity index (χ3n) is 3.15. The summed E-state index contributed by atoms with van der Waals surface area (Å²) in [5.41, 5.74) is 8.86. The Hall–Kier alpha value is -1.92. The molecule has 0 amide bonds. The topological polar surface area (TPSA) is 85.1 Å². The van der Waals surface area contributed by atoms with Crippen molar-refractivity contribution in [2.45, 2.75) is 25.3 Å². The monoisotopic (exact) mass is 291 g/mol. The van der Waals surface area contributed by atoms with Crippen LogP contribution in [-0.4, -0.2) is 13.4 Å². The van der Waals surface area contributed by atoms with E-state index in [1.165, 1.54) is 6.07 Å². The van der Waals surface area contributed by atoms with Gasteiger partial charge in [0.2, 0.25) is 10.0 Å². The lowest BCUT2D eigenvalue weighted by molar-refractivity contribution is 0.581. The minimum absolute atomic E-state index is 0.214. The van der Waals surface area contributed by atoms with E-state index in [0.29, 0.717) is 5.69 Å². The number of aryl methyl sites for hydroxylation is 2. The van der Waals surface area contributed by atoms with Gasteiger partial charge in [-0.1, -0.05) is 0 Å². The molecule has 5 nitrogen and oxygen atoms in total. The molecule has 0 bridgehead atoms. The number of hydrogen-bond acceptors (Lipinski definition) is 4. The van der Waals surface area contributed by atoms with Crippen molar-refractivity contribution in [1.29, 1.82) is 0 Å². The van der Waals surface area contributed by atoms with Gasteiger partial charge in [0.05, 0.1) is 4.90 Å². The van der Waals surface area contributed by atoms with Gasteiger partial charge < -0.3 is 5.73 Å². The molecule has 0 radical (unpaired) electrons. The number of nitrogens with two attached hydrogens (primary N) is 1. The summed E-state index contributed by atoms with van der Waals surface area (Å²) in [5, 5.41) is 0. The second kappa shape index (κ2) is 5.60. The smallest absolute Gasteiger partial charge is 0.240 e. The van der Waals surface area contributed by atoms with E-state index in [9.17, 15) is 8.42 Å². The van der Waals surface area contributed by atoms with Crippen LogP contribution in [0.4, 0.5) is 5.69 Å². The van der Waals surface area contributed by atoms with Crippen molar-refractivity contribution < 1.29 is 8.42 Å². The molecule has 0 atom stereocenters. The lowest BCUT2D eigenvalue weighted by atomic mass is 10.2. The summed E-state index contributed by atoms with van der Waals surface area (Å²) in [6.45, 7) is 3.91. The Morgan fingerprint density at radius 2 is 1.95 bits per heavy atom. The molecule has 20 heavy (non-hydrogen) atoms. The third-order valence-corrected chi connectivity index (χ3v) is 4.55. The van der Waals surface area contributed by atoms with E-state index in [0.717, 1.165) is 16.7 Å². The average Bonchev–Trinajstić information content (AvgIpc) is 2.41. The molecular weight excluding hydrogens is 274 g/mol. The molecule has 0 aliphatic rings. The van der Waals surface area contributed by atoms with Crippen LogP contribution in [0.25, 0.3) is 0 Å². The molecule has 2 rings (SSSR count). The molecule has 106 valence electrons. The van der Waals surface area contributed by atoms with Crippen LogP contribution in [0, 0.1) is 13.8 Å². The Morgan fingerprint density at radius 3 is 2.60 bits per heavy atom. The SMILES string of the molecule is Cc1cc(S(=O)(=O)NCc2cnccc2C)ccc1N. The molecule has 0 fully saturated rings. The van der Waals surface area contributed by atoms with Gasteiger partial charge in [-0.2, -0.15) is 0 Å². The number of sulfonamides is 1. The number of aromatic nitrogens is 1. The first-order chi connectivity index (χ1) is 9.40. The van der Waals surface area contributed by atoms with Gasteiger partial charge in [-0.3, -0.25) is 4.98 Å².